The number of nitrogens with zero attached hydrogens (tertiary/aromatic N) is 3. The Labute approximate surface area is 174 Å². The summed E-state index contributed by atoms with van der Waals surface area (Å²) < 4.78 is 11.5. The first kappa shape index (κ1) is 21.4. The molecule has 0 radical (unpaired) electrons. The molecule has 2 aliphatic heterocycles. The van der Waals surface area contributed by atoms with Gasteiger partial charge in [0.05, 0.1) is 6.54 Å². The minimum Gasteiger partial charge on any atom is -0.491 e. The summed E-state index contributed by atoms with van der Waals surface area (Å²) in [6.45, 7) is 9.25. The van der Waals surface area contributed by atoms with Gasteiger partial charge in [-0.2, -0.15) is 0 Å². The molecule has 2 saturated heterocycles. The van der Waals surface area contributed by atoms with Crippen molar-refractivity contribution in [1.82, 2.24) is 15.1 Å². The van der Waals surface area contributed by atoms with E-state index in [9.17, 15) is 4.79 Å². The first-order chi connectivity index (χ1) is 14.1. The number of nitrogens with one attached hydrogen (secondary N) is 1. The minimum absolute atomic E-state index is 0.141. The van der Waals surface area contributed by atoms with Gasteiger partial charge in [0.2, 0.25) is 0 Å². The fourth-order valence-electron chi connectivity index (χ4n) is 3.86. The van der Waals surface area contributed by atoms with Crippen LogP contribution in [0.4, 0.5) is 0 Å². The number of guanidine groups is 1. The maximum absolute atomic E-state index is 12.5. The van der Waals surface area contributed by atoms with Gasteiger partial charge >= 0.3 is 0 Å². The molecule has 7 heteroatoms. The molecule has 1 atom stereocenters. The zero-order chi connectivity index (χ0) is 20.6. The van der Waals surface area contributed by atoms with Gasteiger partial charge in [0.1, 0.15) is 18.5 Å². The van der Waals surface area contributed by atoms with Gasteiger partial charge in [-0.1, -0.05) is 32.0 Å². The standard InChI is InChI=1S/C22H34N4O3/c1-17(2)18-7-4-5-8-19(18)29-16-10-24-22(23-3)26-13-11-25(12-14-26)21(27)20-9-6-15-28-20/h4-5,7-8,17,20H,6,9-16H2,1-3H3,(H,23,24). The van der Waals surface area contributed by atoms with E-state index in [2.05, 4.69) is 35.1 Å². The molecule has 3 rings (SSSR count). The van der Waals surface area contributed by atoms with Gasteiger partial charge in [0.25, 0.3) is 5.91 Å². The third kappa shape index (κ3) is 5.63. The van der Waals surface area contributed by atoms with E-state index in [-0.39, 0.29) is 12.0 Å². The smallest absolute Gasteiger partial charge is 0.251 e. The second-order valence-corrected chi connectivity index (χ2v) is 7.83. The number of benzene rings is 1. The summed E-state index contributed by atoms with van der Waals surface area (Å²) in [4.78, 5) is 21.0. The van der Waals surface area contributed by atoms with E-state index < -0.39 is 0 Å². The highest BCUT2D eigenvalue weighted by atomic mass is 16.5. The van der Waals surface area contributed by atoms with Gasteiger partial charge in [-0.05, 0) is 30.4 Å². The number of carbonyl (C=O) groups is 1. The number of piperazine rings is 1. The average molecular weight is 403 g/mol. The fourth-order valence-corrected chi connectivity index (χ4v) is 3.86. The quantitative estimate of drug-likeness (QED) is 0.448. The molecule has 1 aromatic carbocycles. The number of carbonyl (C=O) groups excluding carboxylic acids is 1. The first-order valence-corrected chi connectivity index (χ1v) is 10.7. The van der Waals surface area contributed by atoms with Crippen LogP contribution in [0.15, 0.2) is 29.3 Å². The van der Waals surface area contributed by atoms with Crippen molar-refractivity contribution in [2.24, 2.45) is 4.99 Å². The Hall–Kier alpha value is -2.28. The summed E-state index contributed by atoms with van der Waals surface area (Å²) in [5, 5.41) is 3.38. The van der Waals surface area contributed by atoms with Gasteiger partial charge in [0.15, 0.2) is 5.96 Å². The molecule has 2 fully saturated rings. The van der Waals surface area contributed by atoms with Crippen LogP contribution in [0.3, 0.4) is 0 Å². The molecule has 0 spiro atoms. The molecular weight excluding hydrogens is 368 g/mol. The predicted molar refractivity (Wildman–Crippen MR) is 115 cm³/mol. The van der Waals surface area contributed by atoms with E-state index >= 15 is 0 Å². The summed E-state index contributed by atoms with van der Waals surface area (Å²) in [7, 11) is 1.79. The Kier molecular flexibility index (Phi) is 7.75. The van der Waals surface area contributed by atoms with Crippen molar-refractivity contribution >= 4 is 11.9 Å². The van der Waals surface area contributed by atoms with Crippen LogP contribution in [0.5, 0.6) is 5.75 Å². The minimum atomic E-state index is -0.232. The van der Waals surface area contributed by atoms with E-state index in [1.807, 2.05) is 23.1 Å². The third-order valence-corrected chi connectivity index (χ3v) is 5.49. The molecule has 1 aromatic rings. The highest BCUT2D eigenvalue weighted by Crippen LogP contribution is 2.25. The zero-order valence-electron chi connectivity index (χ0n) is 17.9. The third-order valence-electron chi connectivity index (χ3n) is 5.49. The largest absolute Gasteiger partial charge is 0.491 e. The number of aliphatic imine (C=N–C) groups is 1. The SMILES string of the molecule is CN=C(NCCOc1ccccc1C(C)C)N1CCN(C(=O)C2CCCO2)CC1. The second-order valence-electron chi connectivity index (χ2n) is 7.83. The van der Waals surface area contributed by atoms with Crippen LogP contribution < -0.4 is 10.1 Å². The molecule has 2 aliphatic rings. The van der Waals surface area contributed by atoms with Gasteiger partial charge in [-0.15, -0.1) is 0 Å². The summed E-state index contributed by atoms with van der Waals surface area (Å²) in [6, 6.07) is 8.19. The number of hydrogen-bond donors (Lipinski definition) is 1. The molecule has 1 amide bonds. The van der Waals surface area contributed by atoms with E-state index in [0.717, 1.165) is 37.6 Å². The molecule has 7 nitrogen and oxygen atoms in total. The van der Waals surface area contributed by atoms with Crippen molar-refractivity contribution in [1.29, 1.82) is 0 Å². The molecular formula is C22H34N4O3. The number of hydrogen-bond acceptors (Lipinski definition) is 4. The topological polar surface area (TPSA) is 66.4 Å². The number of rotatable bonds is 6. The van der Waals surface area contributed by atoms with Crippen LogP contribution in [0.25, 0.3) is 0 Å². The Morgan fingerprint density at radius 3 is 2.62 bits per heavy atom. The Balaban J connectivity index is 1.41. The normalized spacial score (nSPS) is 20.3. The molecule has 0 aliphatic carbocycles. The van der Waals surface area contributed by atoms with Gasteiger partial charge in [0, 0.05) is 39.8 Å². The van der Waals surface area contributed by atoms with Crippen LogP contribution in [0.2, 0.25) is 0 Å². The lowest BCUT2D eigenvalue weighted by molar-refractivity contribution is -0.142. The van der Waals surface area contributed by atoms with Crippen LogP contribution in [0, 0.1) is 0 Å². The van der Waals surface area contributed by atoms with Gasteiger partial charge in [-0.25, -0.2) is 0 Å². The van der Waals surface area contributed by atoms with Crippen LogP contribution in [-0.2, 0) is 9.53 Å². The summed E-state index contributed by atoms with van der Waals surface area (Å²) in [5.41, 5.74) is 1.23. The molecule has 0 bridgehead atoms. The average Bonchev–Trinajstić information content (AvgIpc) is 3.28. The Morgan fingerprint density at radius 2 is 1.97 bits per heavy atom. The lowest BCUT2D eigenvalue weighted by Gasteiger charge is -2.37. The van der Waals surface area contributed by atoms with Crippen molar-refractivity contribution in [2.45, 2.75) is 38.7 Å². The molecule has 29 heavy (non-hydrogen) atoms. The van der Waals surface area contributed by atoms with Crippen molar-refractivity contribution in [3.8, 4) is 5.75 Å². The lowest BCUT2D eigenvalue weighted by Crippen LogP contribution is -2.55. The van der Waals surface area contributed by atoms with E-state index in [0.29, 0.717) is 38.8 Å². The second kappa shape index (κ2) is 10.5. The first-order valence-electron chi connectivity index (χ1n) is 10.7. The number of para-hydroxylation sites is 1. The van der Waals surface area contributed by atoms with Gasteiger partial charge in [-0.3, -0.25) is 9.79 Å². The molecule has 0 aromatic heterocycles. The van der Waals surface area contributed by atoms with E-state index in [1.165, 1.54) is 5.56 Å². The molecule has 1 unspecified atom stereocenters. The maximum Gasteiger partial charge on any atom is 0.251 e. The van der Waals surface area contributed by atoms with Gasteiger partial charge < -0.3 is 24.6 Å². The highest BCUT2D eigenvalue weighted by Gasteiger charge is 2.30. The predicted octanol–water partition coefficient (Wildman–Crippen LogP) is 2.09. The number of ether oxygens (including phenoxy) is 2. The molecule has 160 valence electrons. The van der Waals surface area contributed by atoms with E-state index in [1.54, 1.807) is 7.05 Å². The van der Waals surface area contributed by atoms with Crippen LogP contribution in [-0.4, -0.2) is 80.8 Å². The van der Waals surface area contributed by atoms with Crippen LogP contribution in [0.1, 0.15) is 38.2 Å². The Bertz CT molecular complexity index is 693. The fraction of sp³-hybridized carbons (Fsp3) is 0.636. The Morgan fingerprint density at radius 1 is 1.24 bits per heavy atom. The summed E-state index contributed by atoms with van der Waals surface area (Å²) in [5.74, 6) is 2.37. The lowest BCUT2D eigenvalue weighted by atomic mass is 10.0. The zero-order valence-corrected chi connectivity index (χ0v) is 17.9. The van der Waals surface area contributed by atoms with Crippen molar-refractivity contribution in [3.63, 3.8) is 0 Å². The monoisotopic (exact) mass is 402 g/mol. The highest BCUT2D eigenvalue weighted by molar-refractivity contribution is 5.82. The maximum atomic E-state index is 12.5. The van der Waals surface area contributed by atoms with Crippen molar-refractivity contribution < 1.29 is 14.3 Å². The molecule has 0 saturated carbocycles. The summed E-state index contributed by atoms with van der Waals surface area (Å²) in [6.07, 6.45) is 1.60. The van der Waals surface area contributed by atoms with Crippen LogP contribution >= 0.6 is 0 Å². The molecule has 2 heterocycles. The van der Waals surface area contributed by atoms with Crippen molar-refractivity contribution in [3.05, 3.63) is 29.8 Å². The number of amides is 1. The summed E-state index contributed by atoms with van der Waals surface area (Å²) >= 11 is 0. The van der Waals surface area contributed by atoms with E-state index in [4.69, 9.17) is 9.47 Å². The van der Waals surface area contributed by atoms with Crippen molar-refractivity contribution in [2.75, 3.05) is 53.0 Å². The molecule has 1 N–H and O–H groups in total.